The van der Waals surface area contributed by atoms with Crippen molar-refractivity contribution in [3.8, 4) is 0 Å². The van der Waals surface area contributed by atoms with Gasteiger partial charge in [0.25, 0.3) is 10.0 Å². The molecule has 1 heterocycles. The Morgan fingerprint density at radius 1 is 1.17 bits per heavy atom. The summed E-state index contributed by atoms with van der Waals surface area (Å²) >= 11 is 0. The lowest BCUT2D eigenvalue weighted by Gasteiger charge is -2.20. The molecule has 0 bridgehead atoms. The molecule has 0 aliphatic carbocycles. The van der Waals surface area contributed by atoms with E-state index in [1.807, 2.05) is 31.2 Å². The Kier molecular flexibility index (Phi) is 4.32. The summed E-state index contributed by atoms with van der Waals surface area (Å²) in [5, 5.41) is 8.72. The summed E-state index contributed by atoms with van der Waals surface area (Å²) in [6.45, 7) is 2.45. The summed E-state index contributed by atoms with van der Waals surface area (Å²) in [6, 6.07) is 14.0. The summed E-state index contributed by atoms with van der Waals surface area (Å²) in [4.78, 5) is 10.8. The number of anilines is 1. The first kappa shape index (κ1) is 16.5. The average Bonchev–Trinajstić information content (AvgIpc) is 2.91. The fraction of sp³-hybridized carbons (Fsp3) is 0.278. The van der Waals surface area contributed by atoms with Crippen LogP contribution >= 0.6 is 0 Å². The van der Waals surface area contributed by atoms with Crippen LogP contribution in [0.15, 0.2) is 53.4 Å². The quantitative estimate of drug-likeness (QED) is 0.904. The molecule has 2 aromatic carbocycles. The van der Waals surface area contributed by atoms with Crippen LogP contribution in [0.1, 0.15) is 30.4 Å². The van der Waals surface area contributed by atoms with Crippen molar-refractivity contribution in [1.29, 1.82) is 0 Å². The van der Waals surface area contributed by atoms with Gasteiger partial charge in [0.2, 0.25) is 0 Å². The fourth-order valence-electron chi connectivity index (χ4n) is 3.01. The first-order valence-corrected chi connectivity index (χ1v) is 9.26. The summed E-state index contributed by atoms with van der Waals surface area (Å²) in [5.41, 5.74) is 2.59. The van der Waals surface area contributed by atoms with Crippen molar-refractivity contribution in [1.82, 2.24) is 0 Å². The molecule has 1 atom stereocenters. The number of hydrogen-bond acceptors (Lipinski definition) is 3. The van der Waals surface area contributed by atoms with Crippen LogP contribution in [0.4, 0.5) is 5.69 Å². The average molecular weight is 345 g/mol. The zero-order valence-electron chi connectivity index (χ0n) is 13.3. The van der Waals surface area contributed by atoms with Crippen LogP contribution in [0, 0.1) is 0 Å². The number of aliphatic carboxylic acids is 1. The lowest BCUT2D eigenvalue weighted by molar-refractivity contribution is -0.136. The number of sulfonamides is 1. The number of aryl methyl sites for hydroxylation is 1. The number of fused-ring (bicyclic) bond motifs is 1. The maximum Gasteiger partial charge on any atom is 0.303 e. The standard InChI is InChI=1S/C18H19NO4S/c1-13-12-19(17-5-3-2-4-16(13)17)24(22,23)15-9-6-14(7-10-15)8-11-18(20)21/h2-7,9-10,13H,8,11-12H2,1H3,(H,20,21)/t13-/m1/s1. The molecule has 6 heteroatoms. The van der Waals surface area contributed by atoms with Gasteiger partial charge in [-0.05, 0) is 35.7 Å². The van der Waals surface area contributed by atoms with Gasteiger partial charge in [-0.15, -0.1) is 0 Å². The van der Waals surface area contributed by atoms with Crippen LogP contribution in [0.3, 0.4) is 0 Å². The number of carbonyl (C=O) groups is 1. The van der Waals surface area contributed by atoms with E-state index < -0.39 is 16.0 Å². The SMILES string of the molecule is C[C@@H]1CN(S(=O)(=O)c2ccc(CCC(=O)O)cc2)c2ccccc21. The number of para-hydroxylation sites is 1. The fourth-order valence-corrected chi connectivity index (χ4v) is 4.59. The molecule has 126 valence electrons. The van der Waals surface area contributed by atoms with Gasteiger partial charge in [0, 0.05) is 18.9 Å². The van der Waals surface area contributed by atoms with Gasteiger partial charge < -0.3 is 5.11 Å². The highest BCUT2D eigenvalue weighted by atomic mass is 32.2. The molecule has 0 saturated heterocycles. The Morgan fingerprint density at radius 3 is 2.50 bits per heavy atom. The minimum Gasteiger partial charge on any atom is -0.481 e. The van der Waals surface area contributed by atoms with Crippen LogP contribution in [-0.4, -0.2) is 26.0 Å². The summed E-state index contributed by atoms with van der Waals surface area (Å²) in [6.07, 6.45) is 0.419. The van der Waals surface area contributed by atoms with Crippen molar-refractivity contribution in [3.05, 3.63) is 59.7 Å². The van der Waals surface area contributed by atoms with Crippen LogP contribution in [0.2, 0.25) is 0 Å². The topological polar surface area (TPSA) is 74.7 Å². The van der Waals surface area contributed by atoms with E-state index in [9.17, 15) is 13.2 Å². The van der Waals surface area contributed by atoms with E-state index in [0.717, 1.165) is 16.8 Å². The molecule has 5 nitrogen and oxygen atoms in total. The van der Waals surface area contributed by atoms with Gasteiger partial charge in [0.05, 0.1) is 10.6 Å². The van der Waals surface area contributed by atoms with E-state index in [4.69, 9.17) is 5.11 Å². The third-order valence-electron chi connectivity index (χ3n) is 4.31. The summed E-state index contributed by atoms with van der Waals surface area (Å²) in [5.74, 6) is -0.708. The highest BCUT2D eigenvalue weighted by molar-refractivity contribution is 7.92. The predicted molar refractivity (Wildman–Crippen MR) is 91.8 cm³/mol. The monoisotopic (exact) mass is 345 g/mol. The van der Waals surface area contributed by atoms with Crippen LogP contribution < -0.4 is 4.31 Å². The number of rotatable bonds is 5. The van der Waals surface area contributed by atoms with Crippen LogP contribution in [-0.2, 0) is 21.2 Å². The molecular formula is C18H19NO4S. The van der Waals surface area contributed by atoms with E-state index in [1.54, 1.807) is 24.3 Å². The van der Waals surface area contributed by atoms with Gasteiger partial charge >= 0.3 is 5.97 Å². The highest BCUT2D eigenvalue weighted by Crippen LogP contribution is 2.39. The first-order valence-electron chi connectivity index (χ1n) is 7.82. The van der Waals surface area contributed by atoms with E-state index in [0.29, 0.717) is 13.0 Å². The molecule has 1 aliphatic rings. The van der Waals surface area contributed by atoms with Gasteiger partial charge in [-0.25, -0.2) is 8.42 Å². The zero-order chi connectivity index (χ0) is 17.3. The van der Waals surface area contributed by atoms with E-state index in [2.05, 4.69) is 0 Å². The van der Waals surface area contributed by atoms with E-state index in [1.165, 1.54) is 4.31 Å². The van der Waals surface area contributed by atoms with Gasteiger partial charge in [-0.3, -0.25) is 9.10 Å². The molecule has 3 rings (SSSR count). The molecule has 0 unspecified atom stereocenters. The smallest absolute Gasteiger partial charge is 0.303 e. The molecule has 0 fully saturated rings. The van der Waals surface area contributed by atoms with Crippen LogP contribution in [0.5, 0.6) is 0 Å². The lowest BCUT2D eigenvalue weighted by Crippen LogP contribution is -2.29. The van der Waals surface area contributed by atoms with Crippen molar-refractivity contribution < 1.29 is 18.3 Å². The van der Waals surface area contributed by atoms with E-state index >= 15 is 0 Å². The maximum atomic E-state index is 13.0. The van der Waals surface area contributed by atoms with Gasteiger partial charge in [0.1, 0.15) is 0 Å². The number of nitrogens with zero attached hydrogens (tertiary/aromatic N) is 1. The molecular weight excluding hydrogens is 326 g/mol. The highest BCUT2D eigenvalue weighted by Gasteiger charge is 2.34. The Bertz CT molecular complexity index is 859. The van der Waals surface area contributed by atoms with Crippen molar-refractivity contribution in [2.45, 2.75) is 30.6 Å². The zero-order valence-corrected chi connectivity index (χ0v) is 14.2. The first-order chi connectivity index (χ1) is 11.4. The van der Waals surface area contributed by atoms with Gasteiger partial charge in [-0.2, -0.15) is 0 Å². The Labute approximate surface area is 141 Å². The molecule has 24 heavy (non-hydrogen) atoms. The second kappa shape index (κ2) is 6.28. The third-order valence-corrected chi connectivity index (χ3v) is 6.11. The second-order valence-electron chi connectivity index (χ2n) is 6.03. The van der Waals surface area contributed by atoms with Gasteiger partial charge in [-0.1, -0.05) is 37.3 Å². The molecule has 0 spiro atoms. The normalized spacial score (nSPS) is 16.9. The van der Waals surface area contributed by atoms with Crippen molar-refractivity contribution in [2.75, 3.05) is 10.8 Å². The number of hydrogen-bond donors (Lipinski definition) is 1. The van der Waals surface area contributed by atoms with Crippen molar-refractivity contribution in [3.63, 3.8) is 0 Å². The van der Waals surface area contributed by atoms with E-state index in [-0.39, 0.29) is 17.2 Å². The summed E-state index contributed by atoms with van der Waals surface area (Å²) in [7, 11) is -3.62. The third kappa shape index (κ3) is 3.01. The molecule has 0 radical (unpaired) electrons. The largest absolute Gasteiger partial charge is 0.481 e. The minimum absolute atomic E-state index is 0.0309. The number of benzene rings is 2. The van der Waals surface area contributed by atoms with Crippen molar-refractivity contribution >= 4 is 21.7 Å². The number of carboxylic acid groups (broad SMARTS) is 1. The van der Waals surface area contributed by atoms with Gasteiger partial charge in [0.15, 0.2) is 0 Å². The Balaban J connectivity index is 1.88. The molecule has 1 N–H and O–H groups in total. The molecule has 2 aromatic rings. The predicted octanol–water partition coefficient (Wildman–Crippen LogP) is 3.02. The van der Waals surface area contributed by atoms with Crippen LogP contribution in [0.25, 0.3) is 0 Å². The Hall–Kier alpha value is -2.34. The summed E-state index contributed by atoms with van der Waals surface area (Å²) < 4.78 is 27.4. The molecule has 1 aliphatic heterocycles. The molecule has 0 saturated carbocycles. The molecule has 0 amide bonds. The minimum atomic E-state index is -3.62. The Morgan fingerprint density at radius 2 is 1.83 bits per heavy atom. The number of carboxylic acids is 1. The maximum absolute atomic E-state index is 13.0. The second-order valence-corrected chi connectivity index (χ2v) is 7.90. The lowest BCUT2D eigenvalue weighted by atomic mass is 10.0. The molecule has 0 aromatic heterocycles. The van der Waals surface area contributed by atoms with Crippen molar-refractivity contribution in [2.24, 2.45) is 0 Å².